The van der Waals surface area contributed by atoms with Gasteiger partial charge in [-0.25, -0.2) is 0 Å². The van der Waals surface area contributed by atoms with Gasteiger partial charge in [0.25, 0.3) is 5.78 Å². The molecule has 2 aromatic carbocycles. The molecule has 0 fully saturated rings. The van der Waals surface area contributed by atoms with Crippen molar-refractivity contribution in [2.45, 2.75) is 0 Å². The van der Waals surface area contributed by atoms with E-state index < -0.39 is 0 Å². The highest BCUT2D eigenvalue weighted by Crippen LogP contribution is 2.33. The number of nitrogens with one attached hydrogen (secondary N) is 1. The highest BCUT2D eigenvalue weighted by molar-refractivity contribution is 9.10. The predicted octanol–water partition coefficient (Wildman–Crippen LogP) is 5.06. The monoisotopic (exact) mass is 421 g/mol. The fourth-order valence-electron chi connectivity index (χ4n) is 2.65. The first-order valence-corrected chi connectivity index (χ1v) is 8.61. The zero-order valence-electron chi connectivity index (χ0n) is 12.4. The molecule has 2 heterocycles. The number of halogens is 3. The van der Waals surface area contributed by atoms with Crippen LogP contribution in [-0.4, -0.2) is 26.6 Å². The molecular formula is C16H10BrCl2N5. The van der Waals surface area contributed by atoms with E-state index in [1.54, 1.807) is 19.2 Å². The maximum absolute atomic E-state index is 6.24. The summed E-state index contributed by atoms with van der Waals surface area (Å²) in [5, 5.41) is 13.4. The average molecular weight is 423 g/mol. The van der Waals surface area contributed by atoms with Gasteiger partial charge in [0, 0.05) is 22.5 Å². The minimum atomic E-state index is 0.465. The van der Waals surface area contributed by atoms with Crippen molar-refractivity contribution in [3.63, 3.8) is 0 Å². The van der Waals surface area contributed by atoms with Crippen LogP contribution < -0.4 is 5.32 Å². The summed E-state index contributed by atoms with van der Waals surface area (Å²) < 4.78 is 2.84. The van der Waals surface area contributed by atoms with Gasteiger partial charge >= 0.3 is 0 Å². The Labute approximate surface area is 155 Å². The van der Waals surface area contributed by atoms with Gasteiger partial charge in [-0.05, 0) is 24.3 Å². The molecule has 0 aliphatic rings. The highest BCUT2D eigenvalue weighted by Gasteiger charge is 2.16. The zero-order valence-corrected chi connectivity index (χ0v) is 15.5. The lowest BCUT2D eigenvalue weighted by molar-refractivity contribution is 1.10. The van der Waals surface area contributed by atoms with Crippen LogP contribution in [-0.2, 0) is 0 Å². The molecule has 0 aliphatic carbocycles. The lowest BCUT2D eigenvalue weighted by Crippen LogP contribution is -2.00. The van der Waals surface area contributed by atoms with Gasteiger partial charge in [0.2, 0.25) is 0 Å². The Kier molecular flexibility index (Phi) is 3.83. The van der Waals surface area contributed by atoms with Crippen LogP contribution in [0.4, 0.5) is 5.82 Å². The third kappa shape index (κ3) is 2.42. The van der Waals surface area contributed by atoms with Crippen LogP contribution in [0.2, 0.25) is 10.0 Å². The second-order valence-electron chi connectivity index (χ2n) is 5.16. The molecule has 8 heteroatoms. The van der Waals surface area contributed by atoms with Gasteiger partial charge in [-0.15, -0.1) is 10.2 Å². The fourth-order valence-corrected chi connectivity index (χ4v) is 3.37. The van der Waals surface area contributed by atoms with Gasteiger partial charge in [-0.3, -0.25) is 4.40 Å². The largest absolute Gasteiger partial charge is 0.372 e. The van der Waals surface area contributed by atoms with Crippen LogP contribution in [0.25, 0.3) is 28.1 Å². The van der Waals surface area contributed by atoms with Crippen molar-refractivity contribution in [2.75, 3.05) is 12.4 Å². The molecule has 0 amide bonds. The maximum Gasteiger partial charge on any atom is 0.257 e. The molecule has 0 radical (unpaired) electrons. The molecule has 4 rings (SSSR count). The van der Waals surface area contributed by atoms with Gasteiger partial charge in [-0.2, -0.15) is 4.98 Å². The lowest BCUT2D eigenvalue weighted by Gasteiger charge is -2.10. The summed E-state index contributed by atoms with van der Waals surface area (Å²) in [7, 11) is 1.80. The smallest absolute Gasteiger partial charge is 0.257 e. The summed E-state index contributed by atoms with van der Waals surface area (Å²) in [5.41, 5.74) is 1.75. The van der Waals surface area contributed by atoms with E-state index >= 15 is 0 Å². The van der Waals surface area contributed by atoms with Crippen molar-refractivity contribution >= 4 is 61.6 Å². The Hall–Kier alpha value is -1.89. The molecule has 0 spiro atoms. The molecule has 0 unspecified atom stereocenters. The molecule has 0 atom stereocenters. The Morgan fingerprint density at radius 2 is 1.88 bits per heavy atom. The van der Waals surface area contributed by atoms with E-state index in [0.29, 0.717) is 27.5 Å². The van der Waals surface area contributed by atoms with Crippen molar-refractivity contribution in [3.05, 3.63) is 50.9 Å². The summed E-state index contributed by atoms with van der Waals surface area (Å²) in [6, 6.07) is 11.4. The van der Waals surface area contributed by atoms with Crippen LogP contribution in [0.1, 0.15) is 0 Å². The van der Waals surface area contributed by atoms with E-state index in [9.17, 15) is 0 Å². The Bertz CT molecular complexity index is 1090. The highest BCUT2D eigenvalue weighted by atomic mass is 79.9. The molecule has 2 aromatic heterocycles. The first kappa shape index (κ1) is 15.6. The molecule has 0 saturated carbocycles. The summed E-state index contributed by atoms with van der Waals surface area (Å²) in [5.74, 6) is 1.84. The van der Waals surface area contributed by atoms with Crippen molar-refractivity contribution in [3.8, 4) is 11.4 Å². The van der Waals surface area contributed by atoms with Gasteiger partial charge in [0.1, 0.15) is 5.82 Å². The number of anilines is 1. The van der Waals surface area contributed by atoms with E-state index in [4.69, 9.17) is 23.2 Å². The second-order valence-corrected chi connectivity index (χ2v) is 6.89. The van der Waals surface area contributed by atoms with Gasteiger partial charge in [-0.1, -0.05) is 51.3 Å². The minimum Gasteiger partial charge on any atom is -0.372 e. The van der Waals surface area contributed by atoms with Crippen LogP contribution >= 0.6 is 39.1 Å². The maximum atomic E-state index is 6.24. The van der Waals surface area contributed by atoms with E-state index in [2.05, 4.69) is 36.4 Å². The fraction of sp³-hybridized carbons (Fsp3) is 0.0625. The summed E-state index contributed by atoms with van der Waals surface area (Å²) in [6.07, 6.45) is 0. The first-order chi connectivity index (χ1) is 11.6. The summed E-state index contributed by atoms with van der Waals surface area (Å²) >= 11 is 15.9. The number of hydrogen-bond acceptors (Lipinski definition) is 4. The zero-order chi connectivity index (χ0) is 16.8. The minimum absolute atomic E-state index is 0.465. The number of benzene rings is 2. The molecule has 0 saturated heterocycles. The van der Waals surface area contributed by atoms with Gasteiger partial charge < -0.3 is 5.32 Å². The van der Waals surface area contributed by atoms with Crippen LogP contribution in [0, 0.1) is 0 Å². The molecule has 120 valence electrons. The summed E-state index contributed by atoms with van der Waals surface area (Å²) in [6.45, 7) is 0. The molecule has 5 nitrogen and oxygen atoms in total. The van der Waals surface area contributed by atoms with Crippen molar-refractivity contribution < 1.29 is 0 Å². The average Bonchev–Trinajstić information content (AvgIpc) is 2.99. The summed E-state index contributed by atoms with van der Waals surface area (Å²) in [4.78, 5) is 4.53. The van der Waals surface area contributed by atoms with E-state index in [0.717, 1.165) is 20.9 Å². The SMILES string of the molecule is CNc1nc2nnc(-c3cccc(Br)c3)n2c2cc(Cl)c(Cl)cc12. The number of aromatic nitrogens is 4. The van der Waals surface area contributed by atoms with Gasteiger partial charge in [0.15, 0.2) is 5.82 Å². The van der Waals surface area contributed by atoms with Crippen LogP contribution in [0.15, 0.2) is 40.9 Å². The van der Waals surface area contributed by atoms with Crippen LogP contribution in [0.3, 0.4) is 0 Å². The van der Waals surface area contributed by atoms with E-state index in [-0.39, 0.29) is 0 Å². The van der Waals surface area contributed by atoms with E-state index in [1.807, 2.05) is 28.7 Å². The second kappa shape index (κ2) is 5.88. The Balaban J connectivity index is 2.15. The number of rotatable bonds is 2. The standard InChI is InChI=1S/C16H10BrCl2N5/c1-20-14-10-6-11(18)12(19)7-13(10)24-15(22-23-16(24)21-14)8-3-2-4-9(17)5-8/h2-7H,1H3,(H,20,21,23). The van der Waals surface area contributed by atoms with Crippen LogP contribution in [0.5, 0.6) is 0 Å². The Morgan fingerprint density at radius 3 is 2.62 bits per heavy atom. The quantitative estimate of drug-likeness (QED) is 0.490. The predicted molar refractivity (Wildman–Crippen MR) is 101 cm³/mol. The third-order valence-electron chi connectivity index (χ3n) is 3.71. The topological polar surface area (TPSA) is 55.1 Å². The first-order valence-electron chi connectivity index (χ1n) is 7.06. The lowest BCUT2D eigenvalue weighted by atomic mass is 10.2. The number of nitrogens with zero attached hydrogens (tertiary/aromatic N) is 4. The number of hydrogen-bond donors (Lipinski definition) is 1. The third-order valence-corrected chi connectivity index (χ3v) is 4.93. The Morgan fingerprint density at radius 1 is 1.08 bits per heavy atom. The number of fused-ring (bicyclic) bond motifs is 3. The van der Waals surface area contributed by atoms with Gasteiger partial charge in [0.05, 0.1) is 15.6 Å². The molecular weight excluding hydrogens is 413 g/mol. The molecule has 24 heavy (non-hydrogen) atoms. The van der Waals surface area contributed by atoms with Crippen molar-refractivity contribution in [1.82, 2.24) is 19.6 Å². The molecule has 4 aromatic rings. The molecule has 0 bridgehead atoms. The molecule has 1 N–H and O–H groups in total. The van der Waals surface area contributed by atoms with Crippen molar-refractivity contribution in [1.29, 1.82) is 0 Å². The molecule has 0 aliphatic heterocycles. The van der Waals surface area contributed by atoms with Crippen molar-refractivity contribution in [2.24, 2.45) is 0 Å². The normalized spacial score (nSPS) is 11.3. The van der Waals surface area contributed by atoms with E-state index in [1.165, 1.54) is 0 Å².